The predicted octanol–water partition coefficient (Wildman–Crippen LogP) is 4.39. The highest BCUT2D eigenvalue weighted by molar-refractivity contribution is 5.95. The molecule has 11 heteroatoms. The van der Waals surface area contributed by atoms with Crippen LogP contribution in [0.2, 0.25) is 0 Å². The van der Waals surface area contributed by atoms with E-state index in [-0.39, 0.29) is 23.5 Å². The van der Waals surface area contributed by atoms with E-state index in [4.69, 9.17) is 10.5 Å². The van der Waals surface area contributed by atoms with E-state index >= 15 is 0 Å². The van der Waals surface area contributed by atoms with Crippen molar-refractivity contribution < 1.29 is 37.0 Å². The number of nitrogens with zero attached hydrogens (tertiary/aromatic N) is 1. The lowest BCUT2D eigenvalue weighted by atomic mass is 10.0. The first-order valence-corrected chi connectivity index (χ1v) is 10.6. The molecule has 34 heavy (non-hydrogen) atoms. The molecule has 3 atom stereocenters. The van der Waals surface area contributed by atoms with E-state index in [2.05, 4.69) is 26.7 Å². The zero-order valence-corrected chi connectivity index (χ0v) is 19.7. The van der Waals surface area contributed by atoms with Crippen LogP contribution in [0.3, 0.4) is 0 Å². The number of primary amides is 1. The first-order valence-electron chi connectivity index (χ1n) is 10.6. The van der Waals surface area contributed by atoms with Gasteiger partial charge in [-0.2, -0.15) is 13.2 Å². The van der Waals surface area contributed by atoms with Gasteiger partial charge in [0.2, 0.25) is 5.82 Å². The highest BCUT2D eigenvalue weighted by Gasteiger charge is 2.33. The number of hydrogen-bond acceptors (Lipinski definition) is 6. The van der Waals surface area contributed by atoms with E-state index in [0.29, 0.717) is 18.0 Å². The van der Waals surface area contributed by atoms with Crippen molar-refractivity contribution in [2.45, 2.75) is 52.9 Å². The first-order chi connectivity index (χ1) is 16.1. The SMILES string of the molecule is CC.CC1CC(C(=O)Nc2ccc(C(N)=O)nc2)OC1C.COc1cccc(OC(F)F)c1F. The van der Waals surface area contributed by atoms with Crippen LogP contribution in [0.25, 0.3) is 0 Å². The number of amides is 2. The molecule has 0 radical (unpaired) electrons. The number of nitrogens with two attached hydrogens (primary N) is 1. The Morgan fingerprint density at radius 2 is 1.82 bits per heavy atom. The summed E-state index contributed by atoms with van der Waals surface area (Å²) in [4.78, 5) is 26.7. The van der Waals surface area contributed by atoms with Crippen molar-refractivity contribution >= 4 is 17.5 Å². The Bertz CT molecular complexity index is 919. The van der Waals surface area contributed by atoms with Gasteiger partial charge in [0, 0.05) is 0 Å². The Kier molecular flexibility index (Phi) is 11.8. The molecule has 1 aromatic carbocycles. The molecule has 1 fully saturated rings. The zero-order valence-electron chi connectivity index (χ0n) is 19.7. The van der Waals surface area contributed by atoms with E-state index in [0.717, 1.165) is 6.07 Å². The van der Waals surface area contributed by atoms with Crippen molar-refractivity contribution in [1.82, 2.24) is 4.98 Å². The van der Waals surface area contributed by atoms with Gasteiger partial charge in [-0.25, -0.2) is 4.98 Å². The minimum atomic E-state index is -3.04. The van der Waals surface area contributed by atoms with Gasteiger partial charge in [-0.05, 0) is 43.5 Å². The summed E-state index contributed by atoms with van der Waals surface area (Å²) in [6, 6.07) is 6.84. The second-order valence-corrected chi connectivity index (χ2v) is 6.98. The van der Waals surface area contributed by atoms with Crippen molar-refractivity contribution in [3.05, 3.63) is 48.0 Å². The Balaban J connectivity index is 0.000000337. The maximum Gasteiger partial charge on any atom is 0.387 e. The summed E-state index contributed by atoms with van der Waals surface area (Å²) in [5.41, 5.74) is 5.77. The summed E-state index contributed by atoms with van der Waals surface area (Å²) < 4.78 is 50.5. The second kappa shape index (κ2) is 14.0. The van der Waals surface area contributed by atoms with Crippen LogP contribution >= 0.6 is 0 Å². The number of pyridine rings is 1. The van der Waals surface area contributed by atoms with Gasteiger partial charge in [0.25, 0.3) is 11.8 Å². The number of carbonyl (C=O) groups excluding carboxylic acids is 2. The lowest BCUT2D eigenvalue weighted by molar-refractivity contribution is -0.126. The lowest BCUT2D eigenvalue weighted by Crippen LogP contribution is -2.27. The quantitative estimate of drug-likeness (QED) is 0.627. The summed E-state index contributed by atoms with van der Waals surface area (Å²) in [5, 5.41) is 2.71. The van der Waals surface area contributed by atoms with Crippen molar-refractivity contribution in [3.63, 3.8) is 0 Å². The summed E-state index contributed by atoms with van der Waals surface area (Å²) in [5.74, 6) is -1.99. The number of halogens is 3. The molecule has 3 rings (SSSR count). The number of rotatable bonds is 6. The molecule has 0 bridgehead atoms. The Morgan fingerprint density at radius 3 is 2.29 bits per heavy atom. The van der Waals surface area contributed by atoms with Gasteiger partial charge in [-0.3, -0.25) is 9.59 Å². The normalized spacial score (nSPS) is 18.7. The van der Waals surface area contributed by atoms with Crippen LogP contribution in [0.15, 0.2) is 36.5 Å². The van der Waals surface area contributed by atoms with Crippen LogP contribution in [0.4, 0.5) is 18.9 Å². The van der Waals surface area contributed by atoms with Gasteiger partial charge in [-0.1, -0.05) is 26.8 Å². The highest BCUT2D eigenvalue weighted by atomic mass is 19.3. The molecule has 2 aromatic rings. The third-order valence-electron chi connectivity index (χ3n) is 4.71. The van der Waals surface area contributed by atoms with Gasteiger partial charge in [-0.15, -0.1) is 0 Å². The molecule has 3 N–H and O–H groups in total. The molecule has 2 amide bonds. The summed E-state index contributed by atoms with van der Waals surface area (Å²) >= 11 is 0. The van der Waals surface area contributed by atoms with E-state index < -0.39 is 30.2 Å². The zero-order chi connectivity index (χ0) is 25.8. The van der Waals surface area contributed by atoms with E-state index in [1.165, 1.54) is 31.5 Å². The van der Waals surface area contributed by atoms with E-state index in [1.54, 1.807) is 6.07 Å². The molecule has 0 spiro atoms. The molecule has 1 saturated heterocycles. The van der Waals surface area contributed by atoms with Crippen LogP contribution in [-0.4, -0.2) is 42.7 Å². The highest BCUT2D eigenvalue weighted by Crippen LogP contribution is 2.27. The number of ether oxygens (including phenoxy) is 3. The Morgan fingerprint density at radius 1 is 1.18 bits per heavy atom. The second-order valence-electron chi connectivity index (χ2n) is 6.98. The van der Waals surface area contributed by atoms with Gasteiger partial charge in [0.05, 0.1) is 25.1 Å². The van der Waals surface area contributed by atoms with E-state index in [1.807, 2.05) is 20.8 Å². The van der Waals surface area contributed by atoms with Crippen LogP contribution < -0.4 is 20.5 Å². The third kappa shape index (κ3) is 8.54. The van der Waals surface area contributed by atoms with Crippen LogP contribution in [0, 0.1) is 11.7 Å². The minimum absolute atomic E-state index is 0.0890. The fourth-order valence-electron chi connectivity index (χ4n) is 2.82. The fraction of sp³-hybridized carbons (Fsp3) is 0.435. The molecule has 1 aliphatic rings. The molecule has 1 aliphatic heterocycles. The molecule has 0 aliphatic carbocycles. The van der Waals surface area contributed by atoms with Crippen LogP contribution in [0.1, 0.15) is 44.6 Å². The van der Waals surface area contributed by atoms with Gasteiger partial charge in [0.1, 0.15) is 11.8 Å². The number of aromatic nitrogens is 1. The minimum Gasteiger partial charge on any atom is -0.494 e. The Hall–Kier alpha value is -3.34. The number of alkyl halides is 2. The van der Waals surface area contributed by atoms with Gasteiger partial charge in [0.15, 0.2) is 11.5 Å². The average molecular weight is 486 g/mol. The molecule has 8 nitrogen and oxygen atoms in total. The Labute approximate surface area is 196 Å². The smallest absolute Gasteiger partial charge is 0.387 e. The van der Waals surface area contributed by atoms with Crippen molar-refractivity contribution in [2.75, 3.05) is 12.4 Å². The molecular formula is C23H30F3N3O5. The third-order valence-corrected chi connectivity index (χ3v) is 4.71. The van der Waals surface area contributed by atoms with Gasteiger partial charge >= 0.3 is 6.61 Å². The average Bonchev–Trinajstić information content (AvgIpc) is 3.15. The van der Waals surface area contributed by atoms with Crippen LogP contribution in [-0.2, 0) is 9.53 Å². The van der Waals surface area contributed by atoms with Crippen molar-refractivity contribution in [3.8, 4) is 11.5 Å². The number of nitrogens with one attached hydrogen (secondary N) is 1. The molecule has 188 valence electrons. The predicted molar refractivity (Wildman–Crippen MR) is 120 cm³/mol. The summed E-state index contributed by atoms with van der Waals surface area (Å²) in [7, 11) is 1.24. The standard InChI is InChI=1S/C13H17N3O3.C8H7F3O2.C2H6/c1-7-5-11(19-8(7)2)13(18)16-9-3-4-10(12(14)17)15-6-9;1-12-5-3-2-4-6(7(5)9)13-8(10)11;1-2/h3-4,6-8,11H,5H2,1-2H3,(H2,14,17)(H,16,18);2-4,8H,1H3;1-2H3. The number of carbonyl (C=O) groups is 2. The molecular weight excluding hydrogens is 455 g/mol. The van der Waals surface area contributed by atoms with Crippen molar-refractivity contribution in [2.24, 2.45) is 11.7 Å². The van der Waals surface area contributed by atoms with Crippen LogP contribution in [0.5, 0.6) is 11.5 Å². The fourth-order valence-corrected chi connectivity index (χ4v) is 2.82. The van der Waals surface area contributed by atoms with E-state index in [9.17, 15) is 22.8 Å². The first kappa shape index (κ1) is 28.7. The maximum absolute atomic E-state index is 13.0. The maximum atomic E-state index is 13.0. The topological polar surface area (TPSA) is 113 Å². The number of methoxy groups -OCH3 is 1. The summed E-state index contributed by atoms with van der Waals surface area (Å²) in [6.45, 7) is 4.98. The number of anilines is 1. The van der Waals surface area contributed by atoms with Gasteiger partial charge < -0.3 is 25.3 Å². The molecule has 2 heterocycles. The molecule has 0 saturated carbocycles. The molecule has 1 aromatic heterocycles. The monoisotopic (exact) mass is 485 g/mol. The number of benzene rings is 1. The number of hydrogen-bond donors (Lipinski definition) is 2. The largest absolute Gasteiger partial charge is 0.494 e. The molecule has 3 unspecified atom stereocenters. The van der Waals surface area contributed by atoms with Crippen molar-refractivity contribution in [1.29, 1.82) is 0 Å². The lowest BCUT2D eigenvalue weighted by Gasteiger charge is -2.11. The summed E-state index contributed by atoms with van der Waals surface area (Å²) in [6.07, 6.45) is 1.77.